The zero-order chi connectivity index (χ0) is 21.2. The molecule has 1 amide bonds. The number of hydrogen-bond acceptors (Lipinski definition) is 5. The lowest BCUT2D eigenvalue weighted by molar-refractivity contribution is -0.142. The zero-order valence-electron chi connectivity index (χ0n) is 16.6. The SMILES string of the molecule is COc1cc(/C=C/C(=O)OCC(=O)Nc2ccccc2)cc(Cl)c1OCC(C)C. The molecule has 0 aromatic heterocycles. The Balaban J connectivity index is 1.93. The summed E-state index contributed by atoms with van der Waals surface area (Å²) in [5, 5.41) is 3.01. The number of ether oxygens (including phenoxy) is 3. The average Bonchev–Trinajstić information content (AvgIpc) is 2.70. The van der Waals surface area contributed by atoms with E-state index in [0.717, 1.165) is 0 Å². The summed E-state index contributed by atoms with van der Waals surface area (Å²) in [5.74, 6) is 0.190. The van der Waals surface area contributed by atoms with E-state index in [1.165, 1.54) is 19.3 Å². The predicted octanol–water partition coefficient (Wildman–Crippen LogP) is 4.58. The maximum atomic E-state index is 11.9. The number of halogens is 1. The summed E-state index contributed by atoms with van der Waals surface area (Å²) in [5.41, 5.74) is 1.26. The van der Waals surface area contributed by atoms with Crippen molar-refractivity contribution in [2.75, 3.05) is 25.6 Å². The highest BCUT2D eigenvalue weighted by Gasteiger charge is 2.12. The molecule has 2 aromatic rings. The molecule has 7 heteroatoms. The van der Waals surface area contributed by atoms with Crippen molar-refractivity contribution in [3.63, 3.8) is 0 Å². The summed E-state index contributed by atoms with van der Waals surface area (Å²) in [6.07, 6.45) is 2.74. The van der Waals surface area contributed by atoms with Gasteiger partial charge in [0.25, 0.3) is 5.91 Å². The third-order valence-corrected chi connectivity index (χ3v) is 3.91. The van der Waals surface area contributed by atoms with Gasteiger partial charge in [-0.25, -0.2) is 4.79 Å². The van der Waals surface area contributed by atoms with E-state index < -0.39 is 11.9 Å². The largest absolute Gasteiger partial charge is 0.493 e. The average molecular weight is 418 g/mol. The second-order valence-electron chi connectivity index (χ2n) is 6.59. The highest BCUT2D eigenvalue weighted by atomic mass is 35.5. The Hall–Kier alpha value is -2.99. The molecular formula is C22H24ClNO5. The molecule has 0 aliphatic heterocycles. The Morgan fingerprint density at radius 3 is 2.55 bits per heavy atom. The summed E-state index contributed by atoms with van der Waals surface area (Å²) in [6.45, 7) is 4.18. The van der Waals surface area contributed by atoms with Crippen LogP contribution in [0.5, 0.6) is 11.5 Å². The number of para-hydroxylation sites is 1. The lowest BCUT2D eigenvalue weighted by Crippen LogP contribution is -2.20. The van der Waals surface area contributed by atoms with Crippen LogP contribution in [0.4, 0.5) is 5.69 Å². The summed E-state index contributed by atoms with van der Waals surface area (Å²) >= 11 is 6.28. The number of anilines is 1. The number of esters is 1. The first kappa shape index (κ1) is 22.3. The summed E-state index contributed by atoms with van der Waals surface area (Å²) in [4.78, 5) is 23.7. The molecule has 2 aromatic carbocycles. The molecule has 154 valence electrons. The van der Waals surface area contributed by atoms with Crippen molar-refractivity contribution in [1.29, 1.82) is 0 Å². The van der Waals surface area contributed by atoms with E-state index in [1.54, 1.807) is 36.4 Å². The minimum atomic E-state index is -0.650. The van der Waals surface area contributed by atoms with Crippen molar-refractivity contribution in [2.45, 2.75) is 13.8 Å². The first-order valence-electron chi connectivity index (χ1n) is 9.09. The van der Waals surface area contributed by atoms with E-state index in [1.807, 2.05) is 19.9 Å². The van der Waals surface area contributed by atoms with Crippen LogP contribution < -0.4 is 14.8 Å². The molecule has 29 heavy (non-hydrogen) atoms. The van der Waals surface area contributed by atoms with Crippen LogP contribution in [0.3, 0.4) is 0 Å². The van der Waals surface area contributed by atoms with E-state index in [9.17, 15) is 9.59 Å². The first-order valence-corrected chi connectivity index (χ1v) is 9.47. The fourth-order valence-electron chi connectivity index (χ4n) is 2.29. The first-order chi connectivity index (χ1) is 13.9. The normalized spacial score (nSPS) is 10.8. The van der Waals surface area contributed by atoms with Crippen LogP contribution in [-0.4, -0.2) is 32.2 Å². The van der Waals surface area contributed by atoms with E-state index >= 15 is 0 Å². The quantitative estimate of drug-likeness (QED) is 0.477. The van der Waals surface area contributed by atoms with Gasteiger partial charge in [0.15, 0.2) is 18.1 Å². The fraction of sp³-hybridized carbons (Fsp3) is 0.273. The number of amides is 1. The monoisotopic (exact) mass is 417 g/mol. The number of benzene rings is 2. The second kappa shape index (κ2) is 11.1. The number of methoxy groups -OCH3 is 1. The van der Waals surface area contributed by atoms with Gasteiger partial charge in [-0.05, 0) is 41.8 Å². The topological polar surface area (TPSA) is 73.9 Å². The Bertz CT molecular complexity index is 865. The molecule has 0 atom stereocenters. The van der Waals surface area contributed by atoms with E-state index in [4.69, 9.17) is 25.8 Å². The Kier molecular flexibility index (Phi) is 8.55. The van der Waals surface area contributed by atoms with Gasteiger partial charge in [-0.15, -0.1) is 0 Å². The van der Waals surface area contributed by atoms with Gasteiger partial charge in [-0.3, -0.25) is 4.79 Å². The summed E-state index contributed by atoms with van der Waals surface area (Å²) in [7, 11) is 1.51. The zero-order valence-corrected chi connectivity index (χ0v) is 17.4. The van der Waals surface area contributed by atoms with Crippen LogP contribution >= 0.6 is 11.6 Å². The van der Waals surface area contributed by atoms with Gasteiger partial charge in [-0.2, -0.15) is 0 Å². The molecule has 0 heterocycles. The van der Waals surface area contributed by atoms with E-state index in [-0.39, 0.29) is 6.61 Å². The van der Waals surface area contributed by atoms with Gasteiger partial charge in [0.2, 0.25) is 0 Å². The van der Waals surface area contributed by atoms with Crippen LogP contribution in [0, 0.1) is 5.92 Å². The summed E-state index contributed by atoms with van der Waals surface area (Å²) in [6, 6.07) is 12.3. The van der Waals surface area contributed by atoms with Gasteiger partial charge in [-0.1, -0.05) is 43.6 Å². The summed E-state index contributed by atoms with van der Waals surface area (Å²) < 4.78 is 16.0. The van der Waals surface area contributed by atoms with Crippen LogP contribution in [0.15, 0.2) is 48.5 Å². The minimum Gasteiger partial charge on any atom is -0.493 e. The van der Waals surface area contributed by atoms with Crippen LogP contribution in [0.2, 0.25) is 5.02 Å². The molecule has 0 aliphatic carbocycles. The standard InChI is InChI=1S/C22H24ClNO5/c1-15(2)13-29-22-18(23)11-16(12-19(22)27-3)9-10-21(26)28-14-20(25)24-17-7-5-4-6-8-17/h4-12,15H,13-14H2,1-3H3,(H,24,25)/b10-9+. The molecule has 1 N–H and O–H groups in total. The number of carbonyl (C=O) groups is 2. The molecular weight excluding hydrogens is 394 g/mol. The molecule has 0 spiro atoms. The third kappa shape index (κ3) is 7.50. The van der Waals surface area contributed by atoms with Gasteiger partial charge < -0.3 is 19.5 Å². The van der Waals surface area contributed by atoms with Crippen molar-refractivity contribution >= 4 is 35.2 Å². The molecule has 0 radical (unpaired) electrons. The fourth-order valence-corrected chi connectivity index (χ4v) is 2.57. The smallest absolute Gasteiger partial charge is 0.331 e. The van der Waals surface area contributed by atoms with Crippen molar-refractivity contribution in [1.82, 2.24) is 0 Å². The maximum absolute atomic E-state index is 11.9. The van der Waals surface area contributed by atoms with Gasteiger partial charge >= 0.3 is 5.97 Å². The number of hydrogen-bond donors (Lipinski definition) is 1. The van der Waals surface area contributed by atoms with Crippen molar-refractivity contribution in [3.05, 3.63) is 59.1 Å². The Morgan fingerprint density at radius 2 is 1.90 bits per heavy atom. The Morgan fingerprint density at radius 1 is 1.17 bits per heavy atom. The lowest BCUT2D eigenvalue weighted by Gasteiger charge is -2.14. The maximum Gasteiger partial charge on any atom is 0.331 e. The van der Waals surface area contributed by atoms with Crippen LogP contribution in [0.1, 0.15) is 19.4 Å². The van der Waals surface area contributed by atoms with Crippen molar-refractivity contribution in [2.24, 2.45) is 5.92 Å². The van der Waals surface area contributed by atoms with Crippen molar-refractivity contribution in [3.8, 4) is 11.5 Å². The molecule has 0 aliphatic rings. The second-order valence-corrected chi connectivity index (χ2v) is 7.00. The Labute approximate surface area is 175 Å². The highest BCUT2D eigenvalue weighted by Crippen LogP contribution is 2.37. The van der Waals surface area contributed by atoms with Crippen molar-refractivity contribution < 1.29 is 23.8 Å². The molecule has 2 rings (SSSR count). The predicted molar refractivity (Wildman–Crippen MR) is 113 cm³/mol. The van der Waals surface area contributed by atoms with Gasteiger partial charge in [0.1, 0.15) is 0 Å². The lowest BCUT2D eigenvalue weighted by atomic mass is 10.2. The minimum absolute atomic E-state index is 0.337. The molecule has 6 nitrogen and oxygen atoms in total. The molecule has 0 bridgehead atoms. The van der Waals surface area contributed by atoms with Crippen LogP contribution in [0.25, 0.3) is 6.08 Å². The number of carbonyl (C=O) groups excluding carboxylic acids is 2. The van der Waals surface area contributed by atoms with Gasteiger partial charge in [0.05, 0.1) is 18.7 Å². The number of rotatable bonds is 9. The third-order valence-electron chi connectivity index (χ3n) is 3.63. The van der Waals surface area contributed by atoms with E-state index in [0.29, 0.717) is 40.3 Å². The molecule has 0 unspecified atom stereocenters. The van der Waals surface area contributed by atoms with Crippen LogP contribution in [-0.2, 0) is 14.3 Å². The highest BCUT2D eigenvalue weighted by molar-refractivity contribution is 6.32. The molecule has 0 saturated carbocycles. The number of nitrogens with one attached hydrogen (secondary N) is 1. The molecule has 0 fully saturated rings. The molecule has 0 saturated heterocycles. The van der Waals surface area contributed by atoms with E-state index in [2.05, 4.69) is 5.32 Å². The van der Waals surface area contributed by atoms with Gasteiger partial charge in [0, 0.05) is 11.8 Å².